The molecule has 0 aliphatic carbocycles. The summed E-state index contributed by atoms with van der Waals surface area (Å²) in [6, 6.07) is 1.78. The van der Waals surface area contributed by atoms with Crippen molar-refractivity contribution in [2.24, 2.45) is 0 Å². The summed E-state index contributed by atoms with van der Waals surface area (Å²) in [5, 5.41) is 13.9. The quantitative estimate of drug-likeness (QED) is 0.847. The molecule has 2 atom stereocenters. The molecule has 2 rings (SSSR count). The topological polar surface area (TPSA) is 54.4 Å². The molecule has 2 heterocycles. The summed E-state index contributed by atoms with van der Waals surface area (Å²) >= 11 is 5.95. The number of rotatable bonds is 3. The second-order valence-corrected chi connectivity index (χ2v) is 4.48. The molecular weight excluding hydrogens is 228 g/mol. The average molecular weight is 243 g/mol. The highest BCUT2D eigenvalue weighted by Gasteiger charge is 2.39. The Morgan fingerprint density at radius 2 is 2.56 bits per heavy atom. The molecule has 1 aliphatic heterocycles. The van der Waals surface area contributed by atoms with E-state index in [2.05, 4.69) is 10.3 Å². The minimum atomic E-state index is -0.813. The van der Waals surface area contributed by atoms with Crippen LogP contribution >= 0.6 is 11.6 Å². The summed E-state index contributed by atoms with van der Waals surface area (Å²) < 4.78 is 5.35. The van der Waals surface area contributed by atoms with E-state index in [1.165, 1.54) is 0 Å². The fraction of sp³-hybridized carbons (Fsp3) is 0.545. The number of hydrogen-bond acceptors (Lipinski definition) is 4. The lowest BCUT2D eigenvalue weighted by molar-refractivity contribution is -0.0175. The Balaban J connectivity index is 2.00. The SMILES string of the molecule is CC1OCCC1(O)CNc1ccncc1Cl. The second-order valence-electron chi connectivity index (χ2n) is 4.08. The van der Waals surface area contributed by atoms with Gasteiger partial charge in [0.25, 0.3) is 0 Å². The zero-order chi connectivity index (χ0) is 11.6. The Labute approximate surface area is 99.6 Å². The smallest absolute Gasteiger partial charge is 0.110 e. The van der Waals surface area contributed by atoms with Crippen LogP contribution in [0.3, 0.4) is 0 Å². The van der Waals surface area contributed by atoms with Gasteiger partial charge in [-0.2, -0.15) is 0 Å². The van der Waals surface area contributed by atoms with Crippen molar-refractivity contribution in [3.63, 3.8) is 0 Å². The molecule has 1 aliphatic rings. The van der Waals surface area contributed by atoms with Crippen LogP contribution in [-0.4, -0.2) is 34.9 Å². The molecule has 0 aromatic carbocycles. The number of aromatic nitrogens is 1. The van der Waals surface area contributed by atoms with E-state index in [1.807, 2.05) is 6.92 Å². The molecule has 16 heavy (non-hydrogen) atoms. The van der Waals surface area contributed by atoms with Gasteiger partial charge in [-0.3, -0.25) is 4.98 Å². The van der Waals surface area contributed by atoms with Crippen LogP contribution < -0.4 is 5.32 Å². The van der Waals surface area contributed by atoms with Crippen molar-refractivity contribution in [1.29, 1.82) is 0 Å². The van der Waals surface area contributed by atoms with E-state index in [9.17, 15) is 5.11 Å². The van der Waals surface area contributed by atoms with Crippen molar-refractivity contribution in [3.8, 4) is 0 Å². The first kappa shape index (κ1) is 11.6. The number of nitrogens with zero attached hydrogens (tertiary/aromatic N) is 1. The highest BCUT2D eigenvalue weighted by molar-refractivity contribution is 6.33. The molecule has 0 radical (unpaired) electrons. The van der Waals surface area contributed by atoms with Gasteiger partial charge in [0.05, 0.1) is 16.8 Å². The van der Waals surface area contributed by atoms with Crippen LogP contribution in [0.5, 0.6) is 0 Å². The minimum absolute atomic E-state index is 0.152. The van der Waals surface area contributed by atoms with Gasteiger partial charge in [-0.1, -0.05) is 11.6 Å². The normalized spacial score (nSPS) is 29.3. The lowest BCUT2D eigenvalue weighted by Crippen LogP contribution is -2.43. The van der Waals surface area contributed by atoms with Crippen LogP contribution in [0.25, 0.3) is 0 Å². The number of anilines is 1. The van der Waals surface area contributed by atoms with Crippen molar-refractivity contribution in [1.82, 2.24) is 4.98 Å². The molecular formula is C11H15ClN2O2. The van der Waals surface area contributed by atoms with Gasteiger partial charge < -0.3 is 15.2 Å². The van der Waals surface area contributed by atoms with Gasteiger partial charge in [0.2, 0.25) is 0 Å². The third-order valence-corrected chi connectivity index (χ3v) is 3.32. The summed E-state index contributed by atoms with van der Waals surface area (Å²) in [6.07, 6.45) is 3.72. The predicted octanol–water partition coefficient (Wildman–Crippen LogP) is 1.69. The van der Waals surface area contributed by atoms with E-state index in [0.717, 1.165) is 5.69 Å². The Bertz CT molecular complexity index is 375. The molecule has 4 nitrogen and oxygen atoms in total. The zero-order valence-electron chi connectivity index (χ0n) is 9.11. The van der Waals surface area contributed by atoms with E-state index in [0.29, 0.717) is 24.6 Å². The molecule has 1 fully saturated rings. The van der Waals surface area contributed by atoms with Crippen LogP contribution in [0.1, 0.15) is 13.3 Å². The fourth-order valence-electron chi connectivity index (χ4n) is 1.77. The first-order valence-corrected chi connectivity index (χ1v) is 5.67. The maximum Gasteiger partial charge on any atom is 0.110 e. The van der Waals surface area contributed by atoms with Gasteiger partial charge in [0.1, 0.15) is 5.60 Å². The van der Waals surface area contributed by atoms with Crippen molar-refractivity contribution in [3.05, 3.63) is 23.5 Å². The molecule has 88 valence electrons. The Morgan fingerprint density at radius 3 is 3.19 bits per heavy atom. The molecule has 1 saturated heterocycles. The summed E-state index contributed by atoms with van der Waals surface area (Å²) in [5.74, 6) is 0. The molecule has 0 amide bonds. The number of hydrogen-bond donors (Lipinski definition) is 2. The minimum Gasteiger partial charge on any atom is -0.385 e. The number of ether oxygens (including phenoxy) is 1. The summed E-state index contributed by atoms with van der Waals surface area (Å²) in [4.78, 5) is 3.90. The molecule has 0 saturated carbocycles. The highest BCUT2D eigenvalue weighted by Crippen LogP contribution is 2.27. The maximum absolute atomic E-state index is 10.3. The van der Waals surface area contributed by atoms with Crippen LogP contribution in [0.15, 0.2) is 18.5 Å². The third-order valence-electron chi connectivity index (χ3n) is 3.02. The van der Waals surface area contributed by atoms with Crippen molar-refractivity contribution < 1.29 is 9.84 Å². The van der Waals surface area contributed by atoms with E-state index in [-0.39, 0.29) is 6.10 Å². The summed E-state index contributed by atoms with van der Waals surface area (Å²) in [5.41, 5.74) is -0.0312. The third kappa shape index (κ3) is 2.29. The van der Waals surface area contributed by atoms with Gasteiger partial charge in [-0.25, -0.2) is 0 Å². The molecule has 2 unspecified atom stereocenters. The van der Waals surface area contributed by atoms with Crippen molar-refractivity contribution >= 4 is 17.3 Å². The van der Waals surface area contributed by atoms with Crippen LogP contribution in [0, 0.1) is 0 Å². The number of nitrogens with one attached hydrogen (secondary N) is 1. The Kier molecular flexibility index (Phi) is 3.33. The maximum atomic E-state index is 10.3. The van der Waals surface area contributed by atoms with Crippen LogP contribution in [0.4, 0.5) is 5.69 Å². The van der Waals surface area contributed by atoms with Crippen molar-refractivity contribution in [2.75, 3.05) is 18.5 Å². The summed E-state index contributed by atoms with van der Waals surface area (Å²) in [6.45, 7) is 2.91. The van der Waals surface area contributed by atoms with Gasteiger partial charge in [-0.15, -0.1) is 0 Å². The molecule has 0 spiro atoms. The first-order valence-electron chi connectivity index (χ1n) is 5.29. The molecule has 5 heteroatoms. The molecule has 0 bridgehead atoms. The number of aliphatic hydroxyl groups is 1. The van der Waals surface area contributed by atoms with E-state index in [4.69, 9.17) is 16.3 Å². The molecule has 1 aromatic heterocycles. The Hall–Kier alpha value is -0.840. The zero-order valence-corrected chi connectivity index (χ0v) is 9.87. The number of pyridine rings is 1. The van der Waals surface area contributed by atoms with Crippen LogP contribution in [-0.2, 0) is 4.74 Å². The van der Waals surface area contributed by atoms with Crippen molar-refractivity contribution in [2.45, 2.75) is 25.0 Å². The van der Waals surface area contributed by atoms with Gasteiger partial charge in [0, 0.05) is 32.0 Å². The lowest BCUT2D eigenvalue weighted by atomic mass is 9.97. The number of halogens is 1. The largest absolute Gasteiger partial charge is 0.385 e. The van der Waals surface area contributed by atoms with Gasteiger partial charge >= 0.3 is 0 Å². The Morgan fingerprint density at radius 1 is 1.75 bits per heavy atom. The van der Waals surface area contributed by atoms with Gasteiger partial charge in [0.15, 0.2) is 0 Å². The highest BCUT2D eigenvalue weighted by atomic mass is 35.5. The summed E-state index contributed by atoms with van der Waals surface area (Å²) in [7, 11) is 0. The molecule has 2 N–H and O–H groups in total. The van der Waals surface area contributed by atoms with Gasteiger partial charge in [-0.05, 0) is 13.0 Å². The molecule has 1 aromatic rings. The monoisotopic (exact) mass is 242 g/mol. The lowest BCUT2D eigenvalue weighted by Gasteiger charge is -2.26. The van der Waals surface area contributed by atoms with E-state index < -0.39 is 5.60 Å². The first-order chi connectivity index (χ1) is 7.62. The average Bonchev–Trinajstić information content (AvgIpc) is 2.59. The predicted molar refractivity (Wildman–Crippen MR) is 62.7 cm³/mol. The standard InChI is InChI=1S/C11H15ClN2O2/c1-8-11(15,3-5-16-8)7-14-10-2-4-13-6-9(10)12/h2,4,6,8,15H,3,5,7H2,1H3,(H,13,14). The fourth-order valence-corrected chi connectivity index (χ4v) is 1.96. The van der Waals surface area contributed by atoms with E-state index >= 15 is 0 Å². The second kappa shape index (κ2) is 4.57. The van der Waals surface area contributed by atoms with Crippen LogP contribution in [0.2, 0.25) is 5.02 Å². The van der Waals surface area contributed by atoms with E-state index in [1.54, 1.807) is 18.5 Å².